The van der Waals surface area contributed by atoms with Crippen LogP contribution in [0.15, 0.2) is 77.7 Å². The van der Waals surface area contributed by atoms with Gasteiger partial charge in [-0.1, -0.05) is 41.4 Å². The van der Waals surface area contributed by atoms with Gasteiger partial charge in [-0.15, -0.1) is 0 Å². The van der Waals surface area contributed by atoms with Crippen LogP contribution < -0.4 is 14.4 Å². The van der Waals surface area contributed by atoms with Crippen molar-refractivity contribution in [3.63, 3.8) is 0 Å². The van der Waals surface area contributed by atoms with E-state index in [2.05, 4.69) is 5.32 Å². The largest absolute Gasteiger partial charge is 0.494 e. The van der Waals surface area contributed by atoms with Gasteiger partial charge in [-0.3, -0.25) is 13.9 Å². The van der Waals surface area contributed by atoms with Gasteiger partial charge >= 0.3 is 0 Å². The Morgan fingerprint density at radius 1 is 1.00 bits per heavy atom. The van der Waals surface area contributed by atoms with E-state index >= 15 is 0 Å². The van der Waals surface area contributed by atoms with Crippen LogP contribution in [0.2, 0.25) is 5.02 Å². The van der Waals surface area contributed by atoms with Crippen molar-refractivity contribution in [2.24, 2.45) is 0 Å². The van der Waals surface area contributed by atoms with E-state index in [4.69, 9.17) is 16.3 Å². The number of carbonyl (C=O) groups excluding carboxylic acids is 2. The lowest BCUT2D eigenvalue weighted by atomic mass is 10.1. The zero-order chi connectivity index (χ0) is 30.4. The highest BCUT2D eigenvalue weighted by Crippen LogP contribution is 2.27. The average Bonchev–Trinajstić information content (AvgIpc) is 2.90. The van der Waals surface area contributed by atoms with Gasteiger partial charge in [0, 0.05) is 17.1 Å². The van der Waals surface area contributed by atoms with Crippen molar-refractivity contribution < 1.29 is 22.7 Å². The maximum atomic E-state index is 14.0. The lowest BCUT2D eigenvalue weighted by molar-refractivity contribution is -0.140. The van der Waals surface area contributed by atoms with E-state index in [0.717, 1.165) is 9.87 Å². The summed E-state index contributed by atoms with van der Waals surface area (Å²) in [6.45, 7) is 10.9. The summed E-state index contributed by atoms with van der Waals surface area (Å²) >= 11 is 6.19. The molecule has 1 atom stereocenters. The third kappa shape index (κ3) is 8.71. The van der Waals surface area contributed by atoms with Gasteiger partial charge in [0.15, 0.2) is 0 Å². The van der Waals surface area contributed by atoms with Gasteiger partial charge in [-0.05, 0) is 95.6 Å². The molecule has 1 N–H and O–H groups in total. The number of ether oxygens (including phenoxy) is 1. The minimum Gasteiger partial charge on any atom is -0.494 e. The Kier molecular flexibility index (Phi) is 10.4. The predicted molar refractivity (Wildman–Crippen MR) is 163 cm³/mol. The quantitative estimate of drug-likeness (QED) is 0.311. The molecule has 0 bridgehead atoms. The number of benzene rings is 3. The molecule has 0 saturated carbocycles. The number of carbonyl (C=O) groups is 2. The van der Waals surface area contributed by atoms with E-state index in [1.807, 2.05) is 34.6 Å². The highest BCUT2D eigenvalue weighted by Gasteiger charge is 2.33. The molecule has 0 aromatic heterocycles. The molecule has 8 nitrogen and oxygen atoms in total. The zero-order valence-corrected chi connectivity index (χ0v) is 25.9. The molecule has 3 rings (SSSR count). The van der Waals surface area contributed by atoms with E-state index in [-0.39, 0.29) is 23.0 Å². The molecular weight excluding hydrogens is 562 g/mol. The fourth-order valence-corrected chi connectivity index (χ4v) is 5.76. The Morgan fingerprint density at radius 2 is 1.63 bits per heavy atom. The van der Waals surface area contributed by atoms with Crippen molar-refractivity contribution in [2.75, 3.05) is 17.5 Å². The first-order valence-electron chi connectivity index (χ1n) is 13.4. The Morgan fingerprint density at radius 3 is 2.20 bits per heavy atom. The van der Waals surface area contributed by atoms with Gasteiger partial charge in [-0.25, -0.2) is 8.42 Å². The molecule has 1 unspecified atom stereocenters. The molecule has 3 aromatic rings. The highest BCUT2D eigenvalue weighted by molar-refractivity contribution is 7.92. The maximum absolute atomic E-state index is 14.0. The second-order valence-electron chi connectivity index (χ2n) is 10.8. The van der Waals surface area contributed by atoms with Gasteiger partial charge in [-0.2, -0.15) is 0 Å². The van der Waals surface area contributed by atoms with Crippen molar-refractivity contribution in [3.05, 3.63) is 88.9 Å². The van der Waals surface area contributed by atoms with Crippen LogP contribution in [-0.4, -0.2) is 49.9 Å². The maximum Gasteiger partial charge on any atom is 0.264 e. The van der Waals surface area contributed by atoms with Crippen LogP contribution in [0.5, 0.6) is 5.75 Å². The number of hydrogen-bond acceptors (Lipinski definition) is 5. The molecular formula is C31H38ClN3O5S. The van der Waals surface area contributed by atoms with Gasteiger partial charge in [0.25, 0.3) is 10.0 Å². The van der Waals surface area contributed by atoms with Gasteiger partial charge in [0.1, 0.15) is 18.3 Å². The number of amides is 2. The van der Waals surface area contributed by atoms with Crippen molar-refractivity contribution >= 4 is 39.1 Å². The SMILES string of the molecule is CCOc1ccc(N(CC(=O)N(Cc2cccc(Cl)c2)C(C)C(=O)NC(C)(C)C)S(=O)(=O)c2ccc(C)cc2)cc1. The number of nitrogens with one attached hydrogen (secondary N) is 1. The van der Waals surface area contributed by atoms with Crippen molar-refractivity contribution in [3.8, 4) is 5.75 Å². The summed E-state index contributed by atoms with van der Waals surface area (Å²) in [5.74, 6) is -0.335. The molecule has 10 heteroatoms. The molecule has 0 spiro atoms. The van der Waals surface area contributed by atoms with Gasteiger partial charge in [0.05, 0.1) is 17.2 Å². The lowest BCUT2D eigenvalue weighted by Gasteiger charge is -2.33. The van der Waals surface area contributed by atoms with Crippen LogP contribution in [0.3, 0.4) is 0 Å². The van der Waals surface area contributed by atoms with E-state index in [0.29, 0.717) is 22.9 Å². The van der Waals surface area contributed by atoms with Crippen molar-refractivity contribution in [2.45, 2.75) is 64.6 Å². The number of hydrogen-bond donors (Lipinski definition) is 1. The second kappa shape index (κ2) is 13.4. The van der Waals surface area contributed by atoms with Crippen molar-refractivity contribution in [1.29, 1.82) is 0 Å². The molecule has 41 heavy (non-hydrogen) atoms. The Bertz CT molecular complexity index is 1450. The summed E-state index contributed by atoms with van der Waals surface area (Å²) in [5.41, 5.74) is 1.37. The Labute approximate surface area is 248 Å². The van der Waals surface area contributed by atoms with E-state index in [1.54, 1.807) is 67.6 Å². The summed E-state index contributed by atoms with van der Waals surface area (Å²) in [7, 11) is -4.16. The monoisotopic (exact) mass is 599 g/mol. The fourth-order valence-electron chi connectivity index (χ4n) is 4.13. The van der Waals surface area contributed by atoms with Crippen LogP contribution in [0.25, 0.3) is 0 Å². The summed E-state index contributed by atoms with van der Waals surface area (Å²) in [4.78, 5) is 28.6. The second-order valence-corrected chi connectivity index (χ2v) is 13.1. The summed E-state index contributed by atoms with van der Waals surface area (Å²) in [5, 5.41) is 3.40. The number of sulfonamides is 1. The minimum atomic E-state index is -4.16. The first-order valence-corrected chi connectivity index (χ1v) is 15.2. The number of rotatable bonds is 11. The van der Waals surface area contributed by atoms with Crippen LogP contribution in [0.1, 0.15) is 45.7 Å². The Hall–Kier alpha value is -3.56. The van der Waals surface area contributed by atoms with Crippen LogP contribution >= 0.6 is 11.6 Å². The summed E-state index contributed by atoms with van der Waals surface area (Å²) < 4.78 is 34.5. The highest BCUT2D eigenvalue weighted by atomic mass is 35.5. The molecule has 0 radical (unpaired) electrons. The molecule has 0 heterocycles. The smallest absolute Gasteiger partial charge is 0.264 e. The third-order valence-corrected chi connectivity index (χ3v) is 8.25. The van der Waals surface area contributed by atoms with Crippen LogP contribution in [0.4, 0.5) is 5.69 Å². The molecule has 0 aliphatic rings. The van der Waals surface area contributed by atoms with E-state index in [9.17, 15) is 18.0 Å². The van der Waals surface area contributed by atoms with Crippen molar-refractivity contribution in [1.82, 2.24) is 10.2 Å². The molecule has 0 aliphatic heterocycles. The first kappa shape index (κ1) is 32.0. The molecule has 2 amide bonds. The van der Waals surface area contributed by atoms with Gasteiger partial charge in [0.2, 0.25) is 11.8 Å². The molecule has 3 aromatic carbocycles. The third-order valence-electron chi connectivity index (χ3n) is 6.23. The molecule has 0 fully saturated rings. The first-order chi connectivity index (χ1) is 19.2. The Balaban J connectivity index is 2.04. The normalized spacial score (nSPS) is 12.4. The molecule has 220 valence electrons. The minimum absolute atomic E-state index is 0.0460. The number of nitrogens with zero attached hydrogens (tertiary/aromatic N) is 2. The molecule has 0 aliphatic carbocycles. The number of anilines is 1. The number of halogens is 1. The zero-order valence-electron chi connectivity index (χ0n) is 24.3. The molecule has 0 saturated heterocycles. The fraction of sp³-hybridized carbons (Fsp3) is 0.355. The van der Waals surface area contributed by atoms with Crippen LogP contribution in [0, 0.1) is 6.92 Å². The summed E-state index contributed by atoms with van der Waals surface area (Å²) in [6.07, 6.45) is 0. The summed E-state index contributed by atoms with van der Waals surface area (Å²) in [6, 6.07) is 19.0. The lowest BCUT2D eigenvalue weighted by Crippen LogP contribution is -2.54. The number of aryl methyl sites for hydroxylation is 1. The predicted octanol–water partition coefficient (Wildman–Crippen LogP) is 5.57. The van der Waals surface area contributed by atoms with E-state index in [1.165, 1.54) is 17.0 Å². The topological polar surface area (TPSA) is 96.0 Å². The van der Waals surface area contributed by atoms with Crippen LogP contribution in [-0.2, 0) is 26.2 Å². The van der Waals surface area contributed by atoms with E-state index < -0.39 is 34.1 Å². The standard InChI is InChI=1S/C31H38ClN3O5S/c1-7-40-27-15-13-26(14-16-27)35(41(38,39)28-17-11-22(2)12-18-28)21-29(36)34(20-24-9-8-10-25(32)19-24)23(3)30(37)33-31(4,5)6/h8-19,23H,7,20-21H2,1-6H3,(H,33,37). The van der Waals surface area contributed by atoms with Gasteiger partial charge < -0.3 is 15.0 Å². The average molecular weight is 600 g/mol.